The van der Waals surface area contributed by atoms with E-state index in [1.54, 1.807) is 4.90 Å². The molecule has 2 N–H and O–H groups in total. The highest BCUT2D eigenvalue weighted by atomic mass is 32.2. The Kier molecular flexibility index (Phi) is 5.24. The Hall–Kier alpha value is -2.12. The highest BCUT2D eigenvalue weighted by Gasteiger charge is 2.23. The minimum atomic E-state index is -3.67. The third-order valence-corrected chi connectivity index (χ3v) is 5.92. The Bertz CT molecular complexity index is 852. The highest BCUT2D eigenvalue weighted by Crippen LogP contribution is 2.17. The van der Waals surface area contributed by atoms with Crippen LogP contribution in [0.15, 0.2) is 41.4 Å². The molecular weight excluding hydrogens is 338 g/mol. The summed E-state index contributed by atoms with van der Waals surface area (Å²) in [5, 5.41) is 0. The van der Waals surface area contributed by atoms with Gasteiger partial charge in [0.25, 0.3) is 5.91 Å². The lowest BCUT2D eigenvalue weighted by Crippen LogP contribution is -2.27. The van der Waals surface area contributed by atoms with E-state index in [2.05, 4.69) is 9.71 Å². The molecule has 2 aromatic rings. The molecule has 134 valence electrons. The zero-order chi connectivity index (χ0) is 17.9. The van der Waals surface area contributed by atoms with E-state index in [1.165, 1.54) is 12.3 Å². The Morgan fingerprint density at radius 3 is 2.56 bits per heavy atom. The Morgan fingerprint density at radius 2 is 1.88 bits per heavy atom. The van der Waals surface area contributed by atoms with Crippen molar-refractivity contribution in [3.05, 3.63) is 53.3 Å². The summed E-state index contributed by atoms with van der Waals surface area (Å²) in [7, 11) is -3.67. The van der Waals surface area contributed by atoms with Crippen molar-refractivity contribution in [2.24, 2.45) is 0 Å². The molecule has 2 heterocycles. The van der Waals surface area contributed by atoms with E-state index in [-0.39, 0.29) is 17.3 Å². The van der Waals surface area contributed by atoms with Crippen molar-refractivity contribution in [1.82, 2.24) is 14.6 Å². The van der Waals surface area contributed by atoms with Crippen molar-refractivity contribution in [3.63, 3.8) is 0 Å². The molecule has 0 radical (unpaired) electrons. The Labute approximate surface area is 148 Å². The third-order valence-electron chi connectivity index (χ3n) is 4.54. The lowest BCUT2D eigenvalue weighted by atomic mass is 10.1. The predicted octanol–water partition coefficient (Wildman–Crippen LogP) is 2.29. The fourth-order valence-electron chi connectivity index (χ4n) is 3.07. The molecule has 3 rings (SSSR count). The molecule has 1 saturated heterocycles. The number of aromatic nitrogens is 1. The Morgan fingerprint density at radius 1 is 1.20 bits per heavy atom. The van der Waals surface area contributed by atoms with Gasteiger partial charge in [0.15, 0.2) is 0 Å². The monoisotopic (exact) mass is 361 g/mol. The number of amides is 1. The first-order valence-corrected chi connectivity index (χ1v) is 10.0. The Balaban J connectivity index is 1.71. The molecule has 1 aromatic carbocycles. The number of aromatic amines is 1. The van der Waals surface area contributed by atoms with Gasteiger partial charge in [-0.15, -0.1) is 0 Å². The maximum absolute atomic E-state index is 12.5. The van der Waals surface area contributed by atoms with Crippen LogP contribution in [0.5, 0.6) is 0 Å². The first-order valence-electron chi connectivity index (χ1n) is 8.55. The SMILES string of the molecule is CCc1ccccc1CNS(=O)(=O)c1c[nH]c(C(=O)N2CCCC2)c1. The molecule has 0 unspecified atom stereocenters. The van der Waals surface area contributed by atoms with Crippen LogP contribution in [0.25, 0.3) is 0 Å². The molecule has 1 aliphatic rings. The molecule has 1 fully saturated rings. The topological polar surface area (TPSA) is 82.3 Å². The van der Waals surface area contributed by atoms with Crippen LogP contribution < -0.4 is 4.72 Å². The van der Waals surface area contributed by atoms with Gasteiger partial charge in [-0.2, -0.15) is 0 Å². The average Bonchev–Trinajstić information content (AvgIpc) is 3.31. The summed E-state index contributed by atoms with van der Waals surface area (Å²) >= 11 is 0. The van der Waals surface area contributed by atoms with Crippen molar-refractivity contribution >= 4 is 15.9 Å². The van der Waals surface area contributed by atoms with Crippen molar-refractivity contribution in [1.29, 1.82) is 0 Å². The first kappa shape index (κ1) is 17.7. The lowest BCUT2D eigenvalue weighted by molar-refractivity contribution is 0.0787. The van der Waals surface area contributed by atoms with Gasteiger partial charge in [0, 0.05) is 25.8 Å². The maximum atomic E-state index is 12.5. The van der Waals surface area contributed by atoms with Crippen LogP contribution in [0.2, 0.25) is 0 Å². The van der Waals surface area contributed by atoms with E-state index in [4.69, 9.17) is 0 Å². The zero-order valence-electron chi connectivity index (χ0n) is 14.3. The average molecular weight is 361 g/mol. The second kappa shape index (κ2) is 7.41. The number of sulfonamides is 1. The van der Waals surface area contributed by atoms with Gasteiger partial charge in [-0.1, -0.05) is 31.2 Å². The molecule has 1 amide bonds. The number of aryl methyl sites for hydroxylation is 1. The fraction of sp³-hybridized carbons (Fsp3) is 0.389. The molecule has 1 aliphatic heterocycles. The second-order valence-electron chi connectivity index (χ2n) is 6.20. The number of nitrogens with one attached hydrogen (secondary N) is 2. The van der Waals surface area contributed by atoms with Crippen LogP contribution in [0.1, 0.15) is 41.4 Å². The van der Waals surface area contributed by atoms with Gasteiger partial charge in [0.1, 0.15) is 10.6 Å². The summed E-state index contributed by atoms with van der Waals surface area (Å²) in [6.07, 6.45) is 4.21. The molecule has 1 aromatic heterocycles. The van der Waals surface area contributed by atoms with E-state index in [1.807, 2.05) is 31.2 Å². The predicted molar refractivity (Wildman–Crippen MR) is 95.8 cm³/mol. The van der Waals surface area contributed by atoms with Crippen LogP contribution in [0, 0.1) is 0 Å². The molecule has 25 heavy (non-hydrogen) atoms. The number of rotatable bonds is 6. The summed E-state index contributed by atoms with van der Waals surface area (Å²) in [6, 6.07) is 9.16. The molecule has 0 atom stereocenters. The number of carbonyl (C=O) groups is 1. The standard InChI is InChI=1S/C18H23N3O3S/c1-2-14-7-3-4-8-15(14)12-20-25(23,24)16-11-17(19-13-16)18(22)21-9-5-6-10-21/h3-4,7-8,11,13,19-20H,2,5-6,9-10,12H2,1H3. The van der Waals surface area contributed by atoms with Gasteiger partial charge in [-0.3, -0.25) is 4.79 Å². The van der Waals surface area contributed by atoms with Gasteiger partial charge in [-0.05, 0) is 36.5 Å². The molecule has 0 saturated carbocycles. The molecule has 0 bridgehead atoms. The van der Waals surface area contributed by atoms with E-state index >= 15 is 0 Å². The molecule has 6 nitrogen and oxygen atoms in total. The van der Waals surface area contributed by atoms with Crippen molar-refractivity contribution < 1.29 is 13.2 Å². The number of H-pyrrole nitrogens is 1. The zero-order valence-corrected chi connectivity index (χ0v) is 15.1. The van der Waals surface area contributed by atoms with Gasteiger partial charge >= 0.3 is 0 Å². The van der Waals surface area contributed by atoms with Crippen LogP contribution >= 0.6 is 0 Å². The van der Waals surface area contributed by atoms with E-state index in [9.17, 15) is 13.2 Å². The highest BCUT2D eigenvalue weighted by molar-refractivity contribution is 7.89. The number of hydrogen-bond donors (Lipinski definition) is 2. The third kappa shape index (κ3) is 3.93. The summed E-state index contributed by atoms with van der Waals surface area (Å²) in [5.41, 5.74) is 2.39. The first-order chi connectivity index (χ1) is 12.0. The molecular formula is C18H23N3O3S. The van der Waals surface area contributed by atoms with Gasteiger partial charge < -0.3 is 9.88 Å². The van der Waals surface area contributed by atoms with Crippen LogP contribution in [-0.4, -0.2) is 37.3 Å². The number of carbonyl (C=O) groups excluding carboxylic acids is 1. The van der Waals surface area contributed by atoms with E-state index in [0.717, 1.165) is 43.5 Å². The maximum Gasteiger partial charge on any atom is 0.270 e. The second-order valence-corrected chi connectivity index (χ2v) is 7.96. The van der Waals surface area contributed by atoms with E-state index < -0.39 is 10.0 Å². The molecule has 0 spiro atoms. The minimum absolute atomic E-state index is 0.0871. The number of nitrogens with zero attached hydrogens (tertiary/aromatic N) is 1. The molecule has 7 heteroatoms. The van der Waals surface area contributed by atoms with Crippen LogP contribution in [-0.2, 0) is 23.0 Å². The quantitative estimate of drug-likeness (QED) is 0.828. The van der Waals surface area contributed by atoms with E-state index in [0.29, 0.717) is 5.69 Å². The minimum Gasteiger partial charge on any atom is -0.356 e. The molecule has 0 aliphatic carbocycles. The van der Waals surface area contributed by atoms with Gasteiger partial charge in [-0.25, -0.2) is 13.1 Å². The number of likely N-dealkylation sites (tertiary alicyclic amines) is 1. The smallest absolute Gasteiger partial charge is 0.270 e. The van der Waals surface area contributed by atoms with Gasteiger partial charge in [0.2, 0.25) is 10.0 Å². The van der Waals surface area contributed by atoms with Crippen molar-refractivity contribution in [2.45, 2.75) is 37.6 Å². The number of benzene rings is 1. The van der Waals surface area contributed by atoms with Crippen molar-refractivity contribution in [3.8, 4) is 0 Å². The summed E-state index contributed by atoms with van der Waals surface area (Å²) in [4.78, 5) is 17.0. The van der Waals surface area contributed by atoms with Crippen LogP contribution in [0.3, 0.4) is 0 Å². The van der Waals surface area contributed by atoms with Crippen molar-refractivity contribution in [2.75, 3.05) is 13.1 Å². The fourth-order valence-corrected chi connectivity index (χ4v) is 4.07. The summed E-state index contributed by atoms with van der Waals surface area (Å²) in [6.45, 7) is 3.72. The lowest BCUT2D eigenvalue weighted by Gasteiger charge is -2.13. The number of hydrogen-bond acceptors (Lipinski definition) is 3. The van der Waals surface area contributed by atoms with Gasteiger partial charge in [0.05, 0.1) is 0 Å². The summed E-state index contributed by atoms with van der Waals surface area (Å²) < 4.78 is 27.6. The summed E-state index contributed by atoms with van der Waals surface area (Å²) in [5.74, 6) is -0.143. The normalized spacial score (nSPS) is 14.8. The van der Waals surface area contributed by atoms with Crippen LogP contribution in [0.4, 0.5) is 0 Å². The largest absolute Gasteiger partial charge is 0.356 e.